The van der Waals surface area contributed by atoms with E-state index in [1.54, 1.807) is 24.3 Å². The second-order valence-corrected chi connectivity index (χ2v) is 5.25. The molecule has 0 aliphatic heterocycles. The van der Waals surface area contributed by atoms with Gasteiger partial charge in [-0.2, -0.15) is 0 Å². The third-order valence-corrected chi connectivity index (χ3v) is 4.16. The predicted octanol–water partition coefficient (Wildman–Crippen LogP) is 4.49. The lowest BCUT2D eigenvalue weighted by atomic mass is 10.2. The molecule has 1 heterocycles. The Bertz CT molecular complexity index is 531. The summed E-state index contributed by atoms with van der Waals surface area (Å²) in [5.41, 5.74) is 0.662. The van der Waals surface area contributed by atoms with Crippen molar-refractivity contribution >= 4 is 44.8 Å². The molecule has 0 bridgehead atoms. The summed E-state index contributed by atoms with van der Waals surface area (Å²) in [5, 5.41) is 13.7. The average Bonchev–Trinajstić information content (AvgIpc) is 2.89. The molecule has 18 heavy (non-hydrogen) atoms. The maximum atomic E-state index is 9.84. The van der Waals surface area contributed by atoms with Crippen molar-refractivity contribution in [3.8, 4) is 0 Å². The summed E-state index contributed by atoms with van der Waals surface area (Å²) < 4.78 is 5.83. The molecule has 3 nitrogen and oxygen atoms in total. The zero-order valence-electron chi connectivity index (χ0n) is 9.16. The standard InChI is InChI=1S/C12H10BrCl2NO2/c13-7-3-4-8(12(15)11(7)14)16-6-9(17)10-2-1-5-18-10/h1-5,9,16-17H,6H2. The number of aliphatic hydroxyl groups excluding tert-OH is 1. The summed E-state index contributed by atoms with van der Waals surface area (Å²) in [7, 11) is 0. The number of nitrogens with one attached hydrogen (secondary N) is 1. The van der Waals surface area contributed by atoms with Crippen LogP contribution in [-0.4, -0.2) is 11.7 Å². The first-order chi connectivity index (χ1) is 8.59. The lowest BCUT2D eigenvalue weighted by Gasteiger charge is -2.13. The molecular formula is C12H10BrCl2NO2. The summed E-state index contributed by atoms with van der Waals surface area (Å²) in [6.07, 6.45) is 0.778. The number of benzene rings is 1. The molecule has 0 amide bonds. The number of furan rings is 1. The first-order valence-corrected chi connectivity index (χ1v) is 6.73. The Morgan fingerprint density at radius 2 is 2.06 bits per heavy atom. The molecule has 0 radical (unpaired) electrons. The van der Waals surface area contributed by atoms with Crippen LogP contribution in [0.15, 0.2) is 39.4 Å². The molecule has 96 valence electrons. The van der Waals surface area contributed by atoms with E-state index < -0.39 is 6.10 Å². The molecule has 1 aromatic carbocycles. The van der Waals surface area contributed by atoms with Crippen molar-refractivity contribution in [2.75, 3.05) is 11.9 Å². The van der Waals surface area contributed by atoms with Gasteiger partial charge in [0.05, 0.1) is 22.0 Å². The molecule has 2 aromatic rings. The van der Waals surface area contributed by atoms with Gasteiger partial charge in [0.1, 0.15) is 11.9 Å². The highest BCUT2D eigenvalue weighted by molar-refractivity contribution is 9.10. The van der Waals surface area contributed by atoms with Gasteiger partial charge in [-0.3, -0.25) is 0 Å². The normalized spacial score (nSPS) is 12.4. The number of rotatable bonds is 4. The predicted molar refractivity (Wildman–Crippen MR) is 76.3 cm³/mol. The summed E-state index contributed by atoms with van der Waals surface area (Å²) in [4.78, 5) is 0. The van der Waals surface area contributed by atoms with E-state index in [2.05, 4.69) is 21.2 Å². The molecule has 2 N–H and O–H groups in total. The SMILES string of the molecule is OC(CNc1ccc(Br)c(Cl)c1Cl)c1ccco1. The van der Waals surface area contributed by atoms with Gasteiger partial charge in [-0.25, -0.2) is 0 Å². The molecule has 0 aliphatic rings. The van der Waals surface area contributed by atoms with Gasteiger partial charge in [0, 0.05) is 11.0 Å². The van der Waals surface area contributed by atoms with Crippen molar-refractivity contribution < 1.29 is 9.52 Å². The maximum absolute atomic E-state index is 9.84. The number of hydrogen-bond acceptors (Lipinski definition) is 3. The van der Waals surface area contributed by atoms with Crippen molar-refractivity contribution in [1.29, 1.82) is 0 Å². The summed E-state index contributed by atoms with van der Waals surface area (Å²) in [5.74, 6) is 0.502. The molecule has 1 aromatic heterocycles. The van der Waals surface area contributed by atoms with Gasteiger partial charge in [0.2, 0.25) is 0 Å². The van der Waals surface area contributed by atoms with Crippen LogP contribution in [0.25, 0.3) is 0 Å². The van der Waals surface area contributed by atoms with Crippen LogP contribution in [0.5, 0.6) is 0 Å². The average molecular weight is 351 g/mol. The van der Waals surface area contributed by atoms with E-state index in [0.29, 0.717) is 21.5 Å². The molecule has 0 spiro atoms. The molecule has 0 aliphatic carbocycles. The van der Waals surface area contributed by atoms with Gasteiger partial charge >= 0.3 is 0 Å². The second-order valence-electron chi connectivity index (χ2n) is 3.64. The van der Waals surface area contributed by atoms with Crippen LogP contribution >= 0.6 is 39.1 Å². The van der Waals surface area contributed by atoms with Crippen LogP contribution in [0, 0.1) is 0 Å². The van der Waals surface area contributed by atoms with E-state index in [9.17, 15) is 5.11 Å². The third-order valence-electron chi connectivity index (χ3n) is 2.39. The Kier molecular flexibility index (Phi) is 4.56. The van der Waals surface area contributed by atoms with E-state index >= 15 is 0 Å². The first kappa shape index (κ1) is 13.7. The number of halogens is 3. The van der Waals surface area contributed by atoms with Gasteiger partial charge in [0.25, 0.3) is 0 Å². The fraction of sp³-hybridized carbons (Fsp3) is 0.167. The Hall–Kier alpha value is -0.680. The molecule has 0 fully saturated rings. The fourth-order valence-electron chi connectivity index (χ4n) is 1.45. The first-order valence-electron chi connectivity index (χ1n) is 5.18. The molecule has 0 saturated carbocycles. The molecule has 2 rings (SSSR count). The molecule has 1 unspecified atom stereocenters. The fourth-order valence-corrected chi connectivity index (χ4v) is 2.29. The summed E-state index contributed by atoms with van der Waals surface area (Å²) >= 11 is 15.4. The third kappa shape index (κ3) is 3.01. The Balaban J connectivity index is 2.05. The van der Waals surface area contributed by atoms with Gasteiger partial charge in [0.15, 0.2) is 0 Å². The van der Waals surface area contributed by atoms with Crippen LogP contribution in [0.4, 0.5) is 5.69 Å². The summed E-state index contributed by atoms with van der Waals surface area (Å²) in [6, 6.07) is 7.01. The van der Waals surface area contributed by atoms with Gasteiger partial charge in [-0.05, 0) is 40.2 Å². The minimum Gasteiger partial charge on any atom is -0.467 e. The van der Waals surface area contributed by atoms with Crippen LogP contribution in [0.1, 0.15) is 11.9 Å². The lowest BCUT2D eigenvalue weighted by molar-refractivity contribution is 0.162. The molecule has 6 heteroatoms. The monoisotopic (exact) mass is 349 g/mol. The van der Waals surface area contributed by atoms with Gasteiger partial charge < -0.3 is 14.8 Å². The van der Waals surface area contributed by atoms with Crippen molar-refractivity contribution in [3.63, 3.8) is 0 Å². The smallest absolute Gasteiger partial charge is 0.134 e. The van der Waals surface area contributed by atoms with Crippen molar-refractivity contribution in [1.82, 2.24) is 0 Å². The van der Waals surface area contributed by atoms with Crippen LogP contribution in [0.3, 0.4) is 0 Å². The molecular weight excluding hydrogens is 341 g/mol. The van der Waals surface area contributed by atoms with E-state index in [0.717, 1.165) is 4.47 Å². The highest BCUT2D eigenvalue weighted by Crippen LogP contribution is 2.36. The minimum absolute atomic E-state index is 0.283. The largest absolute Gasteiger partial charge is 0.467 e. The highest BCUT2D eigenvalue weighted by Gasteiger charge is 2.12. The van der Waals surface area contributed by atoms with E-state index in [1.165, 1.54) is 6.26 Å². The quantitative estimate of drug-likeness (QED) is 0.798. The Morgan fingerprint density at radius 1 is 1.28 bits per heavy atom. The minimum atomic E-state index is -0.738. The lowest BCUT2D eigenvalue weighted by Crippen LogP contribution is -2.11. The van der Waals surface area contributed by atoms with Crippen LogP contribution < -0.4 is 5.32 Å². The number of anilines is 1. The van der Waals surface area contributed by atoms with Crippen LogP contribution in [0.2, 0.25) is 10.0 Å². The highest BCUT2D eigenvalue weighted by atomic mass is 79.9. The zero-order chi connectivity index (χ0) is 13.1. The topological polar surface area (TPSA) is 45.4 Å². The number of hydrogen-bond donors (Lipinski definition) is 2. The van der Waals surface area contributed by atoms with Crippen LogP contribution in [-0.2, 0) is 0 Å². The maximum Gasteiger partial charge on any atom is 0.134 e. The molecule has 1 atom stereocenters. The second kappa shape index (κ2) is 5.97. The van der Waals surface area contributed by atoms with Gasteiger partial charge in [-0.1, -0.05) is 23.2 Å². The number of aliphatic hydroxyl groups is 1. The van der Waals surface area contributed by atoms with Crippen molar-refractivity contribution in [3.05, 3.63) is 50.8 Å². The van der Waals surface area contributed by atoms with E-state index in [1.807, 2.05) is 0 Å². The van der Waals surface area contributed by atoms with E-state index in [4.69, 9.17) is 27.6 Å². The van der Waals surface area contributed by atoms with E-state index in [-0.39, 0.29) is 6.54 Å². The van der Waals surface area contributed by atoms with Gasteiger partial charge in [-0.15, -0.1) is 0 Å². The summed E-state index contributed by atoms with van der Waals surface area (Å²) in [6.45, 7) is 0.283. The van der Waals surface area contributed by atoms with Crippen molar-refractivity contribution in [2.24, 2.45) is 0 Å². The van der Waals surface area contributed by atoms with Crippen molar-refractivity contribution in [2.45, 2.75) is 6.10 Å². The molecule has 0 saturated heterocycles. The Labute approximate surface area is 123 Å². The Morgan fingerprint density at radius 3 is 2.72 bits per heavy atom. The zero-order valence-corrected chi connectivity index (χ0v) is 12.3.